The summed E-state index contributed by atoms with van der Waals surface area (Å²) >= 11 is 25.4. The molecule has 252 valence electrons. The fraction of sp³-hybridized carbons (Fsp3) is 0.250. The second-order valence-electron chi connectivity index (χ2n) is 11.7. The van der Waals surface area contributed by atoms with Crippen molar-refractivity contribution >= 4 is 81.6 Å². The molecule has 3 heterocycles. The predicted molar refractivity (Wildman–Crippen MR) is 173 cm³/mol. The highest BCUT2D eigenvalue weighted by Crippen LogP contribution is 2.47. The first kappa shape index (κ1) is 33.5. The van der Waals surface area contributed by atoms with Crippen LogP contribution in [0.15, 0.2) is 63.5 Å². The summed E-state index contributed by atoms with van der Waals surface area (Å²) < 4.78 is 57.3. The van der Waals surface area contributed by atoms with Gasteiger partial charge in [0.05, 0.1) is 11.8 Å². The summed E-state index contributed by atoms with van der Waals surface area (Å²) in [5.74, 6) is -11.1. The number of nitrogens with zero attached hydrogens (tertiary/aromatic N) is 6. The summed E-state index contributed by atoms with van der Waals surface area (Å²) in [6, 6.07) is 5.91. The van der Waals surface area contributed by atoms with Gasteiger partial charge < -0.3 is 0 Å². The molecule has 4 aliphatic rings. The Morgan fingerprint density at radius 2 is 1.55 bits per heavy atom. The molecule has 0 N–H and O–H groups in total. The number of carbonyl (C=O) groups excluding carboxylic acids is 3. The third kappa shape index (κ3) is 5.66. The molecule has 49 heavy (non-hydrogen) atoms. The van der Waals surface area contributed by atoms with Gasteiger partial charge in [0.25, 0.3) is 17.7 Å². The third-order valence-corrected chi connectivity index (χ3v) is 9.92. The molecule has 0 unspecified atom stereocenters. The Hall–Kier alpha value is -4.04. The van der Waals surface area contributed by atoms with Crippen LogP contribution in [0, 0.1) is 29.2 Å². The van der Waals surface area contributed by atoms with Gasteiger partial charge in [0.1, 0.15) is 12.2 Å². The van der Waals surface area contributed by atoms with Crippen molar-refractivity contribution in [1.82, 2.24) is 10.0 Å². The van der Waals surface area contributed by atoms with Crippen molar-refractivity contribution in [3.05, 3.63) is 103 Å². The predicted octanol–water partition coefficient (Wildman–Crippen LogP) is 7.97. The van der Waals surface area contributed by atoms with E-state index in [1.54, 1.807) is 30.3 Å². The van der Waals surface area contributed by atoms with E-state index < -0.39 is 71.3 Å². The van der Waals surface area contributed by atoms with Crippen LogP contribution in [0.1, 0.15) is 36.4 Å². The smallest absolute Gasteiger partial charge is 0.264 e. The second kappa shape index (κ2) is 12.7. The highest BCUT2D eigenvalue weighted by atomic mass is 35.5. The van der Waals surface area contributed by atoms with Gasteiger partial charge in [-0.2, -0.15) is 10.2 Å². The molecule has 0 bridgehead atoms. The number of hydrogen-bond acceptors (Lipinski definition) is 7. The van der Waals surface area contributed by atoms with Crippen molar-refractivity contribution < 1.29 is 31.9 Å². The molecule has 3 amide bonds. The van der Waals surface area contributed by atoms with E-state index in [2.05, 4.69) is 10.3 Å². The van der Waals surface area contributed by atoms with Gasteiger partial charge in [-0.25, -0.2) is 27.5 Å². The Balaban J connectivity index is 1.22. The van der Waals surface area contributed by atoms with E-state index >= 15 is 0 Å². The summed E-state index contributed by atoms with van der Waals surface area (Å²) in [7, 11) is 0. The number of rotatable bonds is 5. The minimum absolute atomic E-state index is 0.0122. The van der Waals surface area contributed by atoms with E-state index in [4.69, 9.17) is 51.5 Å². The van der Waals surface area contributed by atoms with Gasteiger partial charge in [-0.15, -0.1) is 0 Å². The van der Waals surface area contributed by atoms with Crippen LogP contribution in [0.2, 0.25) is 20.1 Å². The summed E-state index contributed by atoms with van der Waals surface area (Å²) in [6.07, 6.45) is 3.88. The molecule has 4 atom stereocenters. The lowest BCUT2D eigenvalue weighted by Gasteiger charge is -2.31. The van der Waals surface area contributed by atoms with Crippen LogP contribution >= 0.6 is 46.4 Å². The molecule has 1 aliphatic carbocycles. The van der Waals surface area contributed by atoms with Gasteiger partial charge in [0.2, 0.25) is 0 Å². The minimum Gasteiger partial charge on any atom is -0.271 e. The number of imide groups is 1. The van der Waals surface area contributed by atoms with Crippen LogP contribution in [0.25, 0.3) is 6.08 Å². The summed E-state index contributed by atoms with van der Waals surface area (Å²) in [6.45, 7) is -0.659. The number of hydrogen-bond donors (Lipinski definition) is 0. The van der Waals surface area contributed by atoms with Crippen molar-refractivity contribution in [2.45, 2.75) is 37.4 Å². The van der Waals surface area contributed by atoms with E-state index in [0.29, 0.717) is 44.7 Å². The molecule has 0 spiro atoms. The van der Waals surface area contributed by atoms with Gasteiger partial charge in [-0.1, -0.05) is 63.8 Å². The molecule has 0 radical (unpaired) electrons. The number of benzene rings is 3. The van der Waals surface area contributed by atoms with Crippen molar-refractivity contribution in [3.63, 3.8) is 0 Å². The molecule has 3 aromatic rings. The van der Waals surface area contributed by atoms with Crippen LogP contribution in [-0.2, 0) is 14.4 Å². The quantitative estimate of drug-likeness (QED) is 0.150. The lowest BCUT2D eigenvalue weighted by atomic mass is 9.77. The second-order valence-corrected chi connectivity index (χ2v) is 13.4. The molecule has 0 aromatic heterocycles. The third-order valence-electron chi connectivity index (χ3n) is 8.80. The zero-order valence-electron chi connectivity index (χ0n) is 24.7. The maximum absolute atomic E-state index is 14.6. The summed E-state index contributed by atoms with van der Waals surface area (Å²) in [5.41, 5.74) is 1.16. The molecular weight excluding hydrogens is 734 g/mol. The monoisotopic (exact) mass is 752 g/mol. The van der Waals surface area contributed by atoms with Crippen LogP contribution in [0.3, 0.4) is 0 Å². The van der Waals surface area contributed by atoms with E-state index in [-0.39, 0.29) is 21.9 Å². The van der Waals surface area contributed by atoms with Crippen molar-refractivity contribution in [1.29, 1.82) is 0 Å². The Bertz CT molecular complexity index is 2040. The van der Waals surface area contributed by atoms with E-state index in [1.165, 1.54) is 11.1 Å². The normalized spacial score (nSPS) is 23.9. The van der Waals surface area contributed by atoms with Gasteiger partial charge in [-0.3, -0.25) is 19.4 Å². The molecular formula is C32H20Cl4F4N6O3. The molecule has 1 saturated heterocycles. The standard InChI is InChI=1S/C32H20Cl4F4N6O3/c33-15-5-4-13(19(35)9-15)8-14-2-1-3-18-26(14)42-46(28(18)17-7-6-16(34)10-20(17)36)23(47)12-44-30-27(41-43-44)31(48)45(32(30)49)29-24(39)21(37)11-22(38)25(29)40/h4-11,18,27-28,30H,1-3,12H2/b14-8+/t18-,27-,28-,30+/m0/s1. The molecule has 9 nitrogen and oxygen atoms in total. The van der Waals surface area contributed by atoms with Gasteiger partial charge >= 0.3 is 0 Å². The Morgan fingerprint density at radius 1 is 0.878 bits per heavy atom. The number of allylic oxidation sites excluding steroid dienone is 1. The number of halogens is 8. The van der Waals surface area contributed by atoms with Crippen LogP contribution in [0.4, 0.5) is 23.2 Å². The molecule has 17 heteroatoms. The molecule has 7 rings (SSSR count). The number of carbonyl (C=O) groups is 3. The first-order valence-corrected chi connectivity index (χ1v) is 16.3. The van der Waals surface area contributed by atoms with Crippen LogP contribution < -0.4 is 4.90 Å². The number of amides is 3. The SMILES string of the molecule is O=C1[C@H]2N=NN(CC(=O)N3N=C4/C(=C/c5ccc(Cl)cc5Cl)CCC[C@@H]4[C@@H]3c3ccc(Cl)cc3Cl)[C@H]2C(=O)N1c1c(F)c(F)cc(F)c1F. The average Bonchev–Trinajstić information content (AvgIpc) is 3.72. The highest BCUT2D eigenvalue weighted by Gasteiger charge is 2.57. The Kier molecular flexibility index (Phi) is 8.66. The van der Waals surface area contributed by atoms with Crippen LogP contribution in [-0.4, -0.2) is 52.1 Å². The Morgan fingerprint density at radius 3 is 2.22 bits per heavy atom. The maximum Gasteiger partial charge on any atom is 0.264 e. The van der Waals surface area contributed by atoms with E-state index in [9.17, 15) is 31.9 Å². The summed E-state index contributed by atoms with van der Waals surface area (Å²) in [4.78, 5) is 40.6. The molecule has 2 fully saturated rings. The first-order chi connectivity index (χ1) is 23.3. The van der Waals surface area contributed by atoms with Crippen molar-refractivity contribution in [3.8, 4) is 0 Å². The summed E-state index contributed by atoms with van der Waals surface area (Å²) in [5, 5.41) is 16.0. The van der Waals surface area contributed by atoms with E-state index in [0.717, 1.165) is 17.0 Å². The average molecular weight is 754 g/mol. The molecule has 3 aromatic carbocycles. The maximum atomic E-state index is 14.6. The zero-order valence-corrected chi connectivity index (χ0v) is 27.7. The van der Waals surface area contributed by atoms with Gasteiger partial charge in [0, 0.05) is 32.1 Å². The van der Waals surface area contributed by atoms with Crippen molar-refractivity contribution in [2.75, 3.05) is 11.4 Å². The highest BCUT2D eigenvalue weighted by molar-refractivity contribution is 6.36. The fourth-order valence-electron chi connectivity index (χ4n) is 6.61. The zero-order chi connectivity index (χ0) is 34.9. The molecule has 3 aliphatic heterocycles. The van der Waals surface area contributed by atoms with Crippen LogP contribution in [0.5, 0.6) is 0 Å². The minimum atomic E-state index is -1.94. The first-order valence-electron chi connectivity index (χ1n) is 14.8. The lowest BCUT2D eigenvalue weighted by Crippen LogP contribution is -2.45. The number of anilines is 1. The fourth-order valence-corrected chi connectivity index (χ4v) is 7.59. The van der Waals surface area contributed by atoms with Crippen molar-refractivity contribution in [2.24, 2.45) is 21.4 Å². The number of hydrazone groups is 1. The largest absolute Gasteiger partial charge is 0.271 e. The lowest BCUT2D eigenvalue weighted by molar-refractivity contribution is -0.136. The van der Waals surface area contributed by atoms with Gasteiger partial charge in [-0.05, 0) is 66.3 Å². The topological polar surface area (TPSA) is 98.0 Å². The number of fused-ring (bicyclic) bond motifs is 2. The van der Waals surface area contributed by atoms with E-state index in [1.807, 2.05) is 6.08 Å². The van der Waals surface area contributed by atoms with Gasteiger partial charge in [0.15, 0.2) is 35.4 Å². The Labute approximate surface area is 295 Å². The molecule has 1 saturated carbocycles.